The van der Waals surface area contributed by atoms with Crippen molar-refractivity contribution in [3.05, 3.63) is 60.0 Å². The van der Waals surface area contributed by atoms with Crippen molar-refractivity contribution in [1.29, 1.82) is 0 Å². The van der Waals surface area contributed by atoms with Gasteiger partial charge >= 0.3 is 0 Å². The molecule has 16 heavy (non-hydrogen) atoms. The van der Waals surface area contributed by atoms with Gasteiger partial charge < -0.3 is 4.74 Å². The fourth-order valence-corrected chi connectivity index (χ4v) is 1.45. The van der Waals surface area contributed by atoms with Crippen LogP contribution < -0.4 is 4.74 Å². The predicted octanol–water partition coefficient (Wildman–Crippen LogP) is 4.60. The highest BCUT2D eigenvalue weighted by Gasteiger charge is 2.07. The van der Waals surface area contributed by atoms with Gasteiger partial charge in [-0.1, -0.05) is 50.2 Å². The first-order chi connectivity index (χ1) is 9.84. The molecule has 2 aromatic carbocycles. The Hall–Kier alpha value is -1.76. The van der Waals surface area contributed by atoms with Crippen LogP contribution in [0.1, 0.15) is 32.2 Å². The van der Waals surface area contributed by atoms with Crippen LogP contribution in [-0.2, 0) is 0 Å². The molecule has 0 radical (unpaired) electrons. The van der Waals surface area contributed by atoms with Gasteiger partial charge in [-0.15, -0.1) is 0 Å². The molecule has 82 valence electrons. The van der Waals surface area contributed by atoms with Crippen LogP contribution >= 0.6 is 0 Å². The molecule has 0 amide bonds. The average molecular weight is 217 g/mol. The van der Waals surface area contributed by atoms with E-state index in [2.05, 4.69) is 0 Å². The zero-order valence-corrected chi connectivity index (χ0v) is 9.29. The number of rotatable bonds is 3. The highest BCUT2D eigenvalue weighted by molar-refractivity contribution is 5.39. The Morgan fingerprint density at radius 2 is 1.75 bits per heavy atom. The molecule has 0 aliphatic carbocycles. The maximum absolute atomic E-state index is 7.86. The van der Waals surface area contributed by atoms with Crippen molar-refractivity contribution in [3.63, 3.8) is 0 Å². The van der Waals surface area contributed by atoms with Crippen LogP contribution in [0.2, 0.25) is 0 Å². The number of ether oxygens (including phenoxy) is 1. The Balaban J connectivity index is 2.56. The molecule has 0 unspecified atom stereocenters. The standard InChI is InChI=1S/C15H16O/c1-12(2)14-10-6-7-11-15(14)16-13-8-4-3-5-9-13/h3-12H,1-2H3/i3D,4D,5D,8D,9D. The summed E-state index contributed by atoms with van der Waals surface area (Å²) in [5.41, 5.74) is 0.921. The summed E-state index contributed by atoms with van der Waals surface area (Å²) in [4.78, 5) is 0. The van der Waals surface area contributed by atoms with Crippen molar-refractivity contribution in [2.75, 3.05) is 0 Å². The van der Waals surface area contributed by atoms with Crippen LogP contribution in [0.15, 0.2) is 54.5 Å². The second kappa shape index (κ2) is 4.84. The molecule has 1 heteroatoms. The van der Waals surface area contributed by atoms with E-state index in [0.717, 1.165) is 5.56 Å². The van der Waals surface area contributed by atoms with Crippen LogP contribution in [0.3, 0.4) is 0 Å². The predicted molar refractivity (Wildman–Crippen MR) is 67.0 cm³/mol. The van der Waals surface area contributed by atoms with E-state index in [1.807, 2.05) is 26.0 Å². The van der Waals surface area contributed by atoms with Crippen LogP contribution in [0, 0.1) is 0 Å². The maximum Gasteiger partial charge on any atom is 0.130 e. The zero-order valence-electron chi connectivity index (χ0n) is 14.3. The van der Waals surface area contributed by atoms with Crippen molar-refractivity contribution < 1.29 is 11.6 Å². The van der Waals surface area contributed by atoms with Gasteiger partial charge in [-0.05, 0) is 29.6 Å². The van der Waals surface area contributed by atoms with Gasteiger partial charge in [0.2, 0.25) is 0 Å². The number of benzene rings is 2. The molecule has 0 saturated carbocycles. The first-order valence-electron chi connectivity index (χ1n) is 7.68. The number of hydrogen-bond acceptors (Lipinski definition) is 1. The quantitative estimate of drug-likeness (QED) is 0.730. The first kappa shape index (κ1) is 6.09. The van der Waals surface area contributed by atoms with E-state index < -0.39 is 18.1 Å². The smallest absolute Gasteiger partial charge is 0.130 e. The number of para-hydroxylation sites is 2. The van der Waals surface area contributed by atoms with E-state index in [1.165, 1.54) is 0 Å². The van der Waals surface area contributed by atoms with Crippen molar-refractivity contribution in [3.8, 4) is 11.5 Å². The minimum Gasteiger partial charge on any atom is -0.457 e. The Kier molecular flexibility index (Phi) is 1.84. The van der Waals surface area contributed by atoms with Gasteiger partial charge in [0.25, 0.3) is 0 Å². The summed E-state index contributed by atoms with van der Waals surface area (Å²) < 4.78 is 44.3. The molecule has 2 aromatic rings. The molecule has 0 heterocycles. The molecule has 0 aliphatic rings. The summed E-state index contributed by atoms with van der Waals surface area (Å²) in [6.07, 6.45) is 0. The fourth-order valence-electron chi connectivity index (χ4n) is 1.45. The summed E-state index contributed by atoms with van der Waals surface area (Å²) in [5, 5.41) is 0. The van der Waals surface area contributed by atoms with Crippen LogP contribution in [0.5, 0.6) is 11.5 Å². The van der Waals surface area contributed by atoms with Gasteiger partial charge in [0.05, 0.1) is 6.85 Å². The normalized spacial score (nSPS) is 14.8. The minimum atomic E-state index is -0.422. The van der Waals surface area contributed by atoms with Gasteiger partial charge in [0.1, 0.15) is 11.5 Å². The van der Waals surface area contributed by atoms with Crippen LogP contribution in [0.4, 0.5) is 0 Å². The molecule has 1 nitrogen and oxygen atoms in total. The number of hydrogen-bond donors (Lipinski definition) is 0. The maximum atomic E-state index is 7.86. The molecule has 2 rings (SSSR count). The lowest BCUT2D eigenvalue weighted by Crippen LogP contribution is -1.93. The van der Waals surface area contributed by atoms with E-state index in [0.29, 0.717) is 5.75 Å². The molecule has 0 aromatic heterocycles. The molecule has 0 atom stereocenters. The Labute approximate surface area is 104 Å². The molecular formula is C15H16O. The molecule has 0 saturated heterocycles. The molecule has 0 spiro atoms. The topological polar surface area (TPSA) is 9.23 Å². The average Bonchev–Trinajstić information content (AvgIpc) is 2.48. The van der Waals surface area contributed by atoms with E-state index in [1.54, 1.807) is 12.1 Å². The molecule has 0 N–H and O–H groups in total. The van der Waals surface area contributed by atoms with Gasteiger partial charge in [-0.3, -0.25) is 0 Å². The SMILES string of the molecule is [2H]c1c([2H])c([2H])c(Oc2ccccc2C(C)C)c([2H])c1[2H]. The monoisotopic (exact) mass is 217 g/mol. The summed E-state index contributed by atoms with van der Waals surface area (Å²) in [7, 11) is 0. The zero-order chi connectivity index (χ0) is 15.7. The van der Waals surface area contributed by atoms with E-state index in [9.17, 15) is 0 Å². The molecular weight excluding hydrogens is 196 g/mol. The van der Waals surface area contributed by atoms with Crippen LogP contribution in [0.25, 0.3) is 0 Å². The van der Waals surface area contributed by atoms with Crippen molar-refractivity contribution in [1.82, 2.24) is 0 Å². The summed E-state index contributed by atoms with van der Waals surface area (Å²) in [6, 6.07) is 5.42. The van der Waals surface area contributed by atoms with Gasteiger partial charge in [-0.2, -0.15) is 0 Å². The Morgan fingerprint density at radius 1 is 1.06 bits per heavy atom. The third kappa shape index (κ3) is 2.43. The van der Waals surface area contributed by atoms with E-state index in [4.69, 9.17) is 11.6 Å². The highest BCUT2D eigenvalue weighted by atomic mass is 16.5. The summed E-state index contributed by atoms with van der Waals surface area (Å²) in [5.74, 6) is 0.561. The van der Waals surface area contributed by atoms with Crippen molar-refractivity contribution >= 4 is 0 Å². The van der Waals surface area contributed by atoms with E-state index in [-0.39, 0.29) is 23.8 Å². The summed E-state index contributed by atoms with van der Waals surface area (Å²) >= 11 is 0. The fraction of sp³-hybridized carbons (Fsp3) is 0.200. The lowest BCUT2D eigenvalue weighted by Gasteiger charge is -2.13. The third-order valence-electron chi connectivity index (χ3n) is 2.23. The second-order valence-electron chi connectivity index (χ2n) is 3.75. The molecule has 0 bridgehead atoms. The highest BCUT2D eigenvalue weighted by Crippen LogP contribution is 2.29. The summed E-state index contributed by atoms with van der Waals surface area (Å²) in [6.45, 7) is 4.01. The van der Waals surface area contributed by atoms with Gasteiger partial charge in [0, 0.05) is 0 Å². The Morgan fingerprint density at radius 3 is 2.44 bits per heavy atom. The van der Waals surface area contributed by atoms with Crippen molar-refractivity contribution in [2.45, 2.75) is 19.8 Å². The van der Waals surface area contributed by atoms with E-state index >= 15 is 0 Å². The van der Waals surface area contributed by atoms with Gasteiger partial charge in [0.15, 0.2) is 0 Å². The second-order valence-corrected chi connectivity index (χ2v) is 3.75. The van der Waals surface area contributed by atoms with Gasteiger partial charge in [-0.25, -0.2) is 0 Å². The minimum absolute atomic E-state index is 0.144. The first-order valence-corrected chi connectivity index (χ1v) is 5.18. The van der Waals surface area contributed by atoms with Crippen molar-refractivity contribution in [2.24, 2.45) is 0 Å². The lowest BCUT2D eigenvalue weighted by atomic mass is 10.0. The lowest BCUT2D eigenvalue weighted by molar-refractivity contribution is 0.473. The molecule has 0 fully saturated rings. The Bertz CT molecular complexity index is 653. The van der Waals surface area contributed by atoms with Crippen LogP contribution in [-0.4, -0.2) is 0 Å². The molecule has 0 aliphatic heterocycles. The third-order valence-corrected chi connectivity index (χ3v) is 2.23. The largest absolute Gasteiger partial charge is 0.457 e.